The van der Waals surface area contributed by atoms with Gasteiger partial charge >= 0.3 is 0 Å². The van der Waals surface area contributed by atoms with Crippen molar-refractivity contribution in [2.24, 2.45) is 0 Å². The Kier molecular flexibility index (Phi) is 3.54. The number of amides is 1. The van der Waals surface area contributed by atoms with E-state index in [-0.39, 0.29) is 5.91 Å². The number of benzene rings is 1. The molecule has 3 rings (SSSR count). The maximum Gasteiger partial charge on any atom is 0.253 e. The Balaban J connectivity index is 2.03. The summed E-state index contributed by atoms with van der Waals surface area (Å²) in [4.78, 5) is 16.7. The van der Waals surface area contributed by atoms with Crippen molar-refractivity contribution in [1.29, 1.82) is 0 Å². The molecular formula is C16H16N4OS. The lowest BCUT2D eigenvalue weighted by atomic mass is 10.0. The minimum atomic E-state index is -0.272. The number of aromatic nitrogens is 3. The van der Waals surface area contributed by atoms with Gasteiger partial charge in [-0.25, -0.2) is 4.52 Å². The van der Waals surface area contributed by atoms with Gasteiger partial charge in [0, 0.05) is 16.5 Å². The molecule has 22 heavy (non-hydrogen) atoms. The first-order chi connectivity index (χ1) is 10.5. The van der Waals surface area contributed by atoms with Crippen LogP contribution in [0, 0.1) is 13.8 Å². The summed E-state index contributed by atoms with van der Waals surface area (Å²) in [6.45, 7) is 9.40. The molecule has 0 aliphatic heterocycles. The van der Waals surface area contributed by atoms with E-state index in [1.807, 2.05) is 5.38 Å². The van der Waals surface area contributed by atoms with Gasteiger partial charge in [0.2, 0.25) is 4.96 Å². The van der Waals surface area contributed by atoms with Crippen LogP contribution in [0.2, 0.25) is 0 Å². The van der Waals surface area contributed by atoms with Crippen LogP contribution in [0.4, 0.5) is 5.95 Å². The van der Waals surface area contributed by atoms with Crippen LogP contribution in [0.5, 0.6) is 0 Å². The molecule has 1 N–H and O–H groups in total. The van der Waals surface area contributed by atoms with Crippen LogP contribution in [0.1, 0.15) is 18.1 Å². The van der Waals surface area contributed by atoms with Crippen molar-refractivity contribution >= 4 is 28.2 Å². The van der Waals surface area contributed by atoms with Crippen molar-refractivity contribution in [1.82, 2.24) is 14.6 Å². The van der Waals surface area contributed by atoms with E-state index in [0.29, 0.717) is 11.5 Å². The third-order valence-electron chi connectivity index (χ3n) is 3.35. The Labute approximate surface area is 132 Å². The number of carbonyl (C=O) groups is 1. The second kappa shape index (κ2) is 5.38. The van der Waals surface area contributed by atoms with Crippen LogP contribution in [-0.2, 0) is 4.79 Å². The molecule has 0 fully saturated rings. The van der Waals surface area contributed by atoms with Gasteiger partial charge in [0.15, 0.2) is 0 Å². The fourth-order valence-electron chi connectivity index (χ4n) is 2.23. The quantitative estimate of drug-likeness (QED) is 0.752. The lowest BCUT2D eigenvalue weighted by molar-refractivity contribution is -0.112. The molecular weight excluding hydrogens is 296 g/mol. The van der Waals surface area contributed by atoms with E-state index in [1.54, 1.807) is 11.4 Å². The standard InChI is InChI=1S/C16H16N4OS/c1-9(2)14(21)17-15-18-16-20(19-15)13(8-22-16)12-6-5-10(3)7-11(12)4/h5-8H,1H2,2-4H3,(H,17,19,21). The Morgan fingerprint density at radius 2 is 2.14 bits per heavy atom. The lowest BCUT2D eigenvalue weighted by Crippen LogP contribution is -2.13. The Morgan fingerprint density at radius 3 is 2.82 bits per heavy atom. The Morgan fingerprint density at radius 1 is 1.36 bits per heavy atom. The highest BCUT2D eigenvalue weighted by Crippen LogP contribution is 2.28. The first-order valence-electron chi connectivity index (χ1n) is 6.84. The topological polar surface area (TPSA) is 59.3 Å². The molecule has 6 heteroatoms. The number of hydrogen-bond donors (Lipinski definition) is 1. The molecule has 112 valence electrons. The van der Waals surface area contributed by atoms with Crippen molar-refractivity contribution in [3.8, 4) is 11.3 Å². The van der Waals surface area contributed by atoms with Crippen LogP contribution in [-0.4, -0.2) is 20.5 Å². The molecule has 2 aromatic heterocycles. The van der Waals surface area contributed by atoms with Gasteiger partial charge in [-0.1, -0.05) is 30.3 Å². The minimum Gasteiger partial charge on any atom is -0.289 e. The summed E-state index contributed by atoms with van der Waals surface area (Å²) in [6.07, 6.45) is 0. The normalized spacial score (nSPS) is 10.9. The monoisotopic (exact) mass is 312 g/mol. The van der Waals surface area contributed by atoms with E-state index in [2.05, 4.69) is 54.0 Å². The molecule has 0 atom stereocenters. The van der Waals surface area contributed by atoms with Gasteiger partial charge in [-0.2, -0.15) is 4.98 Å². The SMILES string of the molecule is C=C(C)C(=O)Nc1nc2scc(-c3ccc(C)cc3C)n2n1. The van der Waals surface area contributed by atoms with Crippen LogP contribution in [0.15, 0.2) is 35.7 Å². The van der Waals surface area contributed by atoms with E-state index in [0.717, 1.165) is 16.2 Å². The average molecular weight is 312 g/mol. The molecule has 0 bridgehead atoms. The molecule has 0 radical (unpaired) electrons. The zero-order chi connectivity index (χ0) is 15.9. The van der Waals surface area contributed by atoms with Gasteiger partial charge in [0.25, 0.3) is 11.9 Å². The molecule has 0 saturated carbocycles. The average Bonchev–Trinajstić information content (AvgIpc) is 2.99. The first-order valence-corrected chi connectivity index (χ1v) is 7.72. The Hall–Kier alpha value is -2.47. The maximum atomic E-state index is 11.7. The van der Waals surface area contributed by atoms with Gasteiger partial charge in [-0.3, -0.25) is 10.1 Å². The van der Waals surface area contributed by atoms with E-state index in [1.165, 1.54) is 22.5 Å². The predicted molar refractivity (Wildman–Crippen MR) is 89.2 cm³/mol. The summed E-state index contributed by atoms with van der Waals surface area (Å²) < 4.78 is 1.76. The summed E-state index contributed by atoms with van der Waals surface area (Å²) in [5.41, 5.74) is 4.91. The first kappa shape index (κ1) is 14.5. The fourth-order valence-corrected chi connectivity index (χ4v) is 3.05. The number of nitrogens with zero attached hydrogens (tertiary/aromatic N) is 3. The molecule has 0 saturated heterocycles. The number of thiazole rings is 1. The molecule has 0 aliphatic rings. The number of fused-ring (bicyclic) bond motifs is 1. The highest BCUT2D eigenvalue weighted by atomic mass is 32.1. The van der Waals surface area contributed by atoms with Crippen LogP contribution < -0.4 is 5.32 Å². The lowest BCUT2D eigenvalue weighted by Gasteiger charge is -2.05. The summed E-state index contributed by atoms with van der Waals surface area (Å²) in [6, 6.07) is 6.30. The second-order valence-electron chi connectivity index (χ2n) is 5.30. The summed E-state index contributed by atoms with van der Waals surface area (Å²) in [7, 11) is 0. The second-order valence-corrected chi connectivity index (χ2v) is 6.14. The molecule has 0 aliphatic carbocycles. The predicted octanol–water partition coefficient (Wildman–Crippen LogP) is 3.59. The van der Waals surface area contributed by atoms with E-state index < -0.39 is 0 Å². The van der Waals surface area contributed by atoms with Gasteiger partial charge in [-0.05, 0) is 26.3 Å². The minimum absolute atomic E-state index is 0.272. The van der Waals surface area contributed by atoms with Crippen molar-refractivity contribution in [2.75, 3.05) is 5.32 Å². The van der Waals surface area contributed by atoms with Gasteiger partial charge in [-0.15, -0.1) is 16.4 Å². The molecule has 3 aromatic rings. The zero-order valence-electron chi connectivity index (χ0n) is 12.7. The molecule has 0 unspecified atom stereocenters. The Bertz CT molecular complexity index is 891. The highest BCUT2D eigenvalue weighted by molar-refractivity contribution is 7.15. The molecule has 0 spiro atoms. The van der Waals surface area contributed by atoms with Gasteiger partial charge in [0.1, 0.15) is 0 Å². The van der Waals surface area contributed by atoms with E-state index in [4.69, 9.17) is 0 Å². The number of anilines is 1. The zero-order valence-corrected chi connectivity index (χ0v) is 13.5. The van der Waals surface area contributed by atoms with Crippen LogP contribution >= 0.6 is 11.3 Å². The maximum absolute atomic E-state index is 11.7. The van der Waals surface area contributed by atoms with Crippen LogP contribution in [0.3, 0.4) is 0 Å². The summed E-state index contributed by atoms with van der Waals surface area (Å²) >= 11 is 1.49. The fraction of sp³-hybridized carbons (Fsp3) is 0.188. The third-order valence-corrected chi connectivity index (χ3v) is 4.17. The van der Waals surface area contributed by atoms with E-state index >= 15 is 0 Å². The summed E-state index contributed by atoms with van der Waals surface area (Å²) in [5, 5.41) is 9.05. The van der Waals surface area contributed by atoms with Gasteiger partial charge < -0.3 is 0 Å². The van der Waals surface area contributed by atoms with E-state index in [9.17, 15) is 4.79 Å². The number of aryl methyl sites for hydroxylation is 2. The number of nitrogens with one attached hydrogen (secondary N) is 1. The largest absolute Gasteiger partial charge is 0.289 e. The van der Waals surface area contributed by atoms with Gasteiger partial charge in [0.05, 0.1) is 5.69 Å². The number of carbonyl (C=O) groups excluding carboxylic acids is 1. The van der Waals surface area contributed by atoms with Crippen molar-refractivity contribution in [3.63, 3.8) is 0 Å². The van der Waals surface area contributed by atoms with Crippen LogP contribution in [0.25, 0.3) is 16.2 Å². The van der Waals surface area contributed by atoms with Crippen molar-refractivity contribution < 1.29 is 4.79 Å². The molecule has 1 amide bonds. The third kappa shape index (κ3) is 2.53. The summed E-state index contributed by atoms with van der Waals surface area (Å²) in [5.74, 6) is 0.0252. The molecule has 1 aromatic carbocycles. The number of hydrogen-bond acceptors (Lipinski definition) is 4. The highest BCUT2D eigenvalue weighted by Gasteiger charge is 2.14. The van der Waals surface area contributed by atoms with Crippen molar-refractivity contribution in [2.45, 2.75) is 20.8 Å². The van der Waals surface area contributed by atoms with Crippen molar-refractivity contribution in [3.05, 3.63) is 46.9 Å². The smallest absolute Gasteiger partial charge is 0.253 e. The molecule has 2 heterocycles. The molecule has 5 nitrogen and oxygen atoms in total. The number of rotatable bonds is 3.